The van der Waals surface area contributed by atoms with Crippen LogP contribution in [0.25, 0.3) is 5.69 Å². The van der Waals surface area contributed by atoms with Gasteiger partial charge in [-0.05, 0) is 85.7 Å². The van der Waals surface area contributed by atoms with Gasteiger partial charge in [0, 0.05) is 30.0 Å². The lowest BCUT2D eigenvalue weighted by Gasteiger charge is -2.28. The molecule has 0 spiro atoms. The van der Waals surface area contributed by atoms with Crippen molar-refractivity contribution in [3.05, 3.63) is 114 Å². The molecule has 1 N–H and O–H groups in total. The number of aryl methyl sites for hydroxylation is 2. The molecule has 4 heterocycles. The highest BCUT2D eigenvalue weighted by Crippen LogP contribution is 2.40. The van der Waals surface area contributed by atoms with Crippen molar-refractivity contribution >= 4 is 17.3 Å². The number of hydrogen-bond acceptors (Lipinski definition) is 3. The van der Waals surface area contributed by atoms with E-state index in [-0.39, 0.29) is 12.1 Å². The van der Waals surface area contributed by atoms with Gasteiger partial charge in [-0.25, -0.2) is 0 Å². The SMILES string of the molecule is Cc1ccc(-n2cccc2C2C(c3ccccn3)NC(=S)N2Cc2ccccn2)cc1C. The first kappa shape index (κ1) is 20.4. The number of aromatic nitrogens is 3. The molecule has 0 amide bonds. The van der Waals surface area contributed by atoms with E-state index in [2.05, 4.69) is 81.2 Å². The molecule has 1 aliphatic rings. The highest BCUT2D eigenvalue weighted by molar-refractivity contribution is 7.80. The van der Waals surface area contributed by atoms with E-state index in [0.29, 0.717) is 11.7 Å². The van der Waals surface area contributed by atoms with Crippen LogP contribution < -0.4 is 5.32 Å². The van der Waals surface area contributed by atoms with Crippen LogP contribution >= 0.6 is 12.2 Å². The first-order valence-electron chi connectivity index (χ1n) is 10.7. The lowest BCUT2D eigenvalue weighted by Crippen LogP contribution is -2.30. The van der Waals surface area contributed by atoms with Crippen LogP contribution in [0.3, 0.4) is 0 Å². The maximum Gasteiger partial charge on any atom is 0.170 e. The van der Waals surface area contributed by atoms with Crippen molar-refractivity contribution in [1.82, 2.24) is 24.8 Å². The normalized spacial score (nSPS) is 18.1. The molecule has 2 atom stereocenters. The summed E-state index contributed by atoms with van der Waals surface area (Å²) in [5, 5.41) is 4.24. The summed E-state index contributed by atoms with van der Waals surface area (Å²) in [5.41, 5.74) is 6.81. The molecule has 4 aromatic rings. The van der Waals surface area contributed by atoms with E-state index < -0.39 is 0 Å². The van der Waals surface area contributed by atoms with Gasteiger partial charge < -0.3 is 14.8 Å². The molecular formula is C26H25N5S. The van der Waals surface area contributed by atoms with Crippen LogP contribution in [-0.2, 0) is 6.54 Å². The fourth-order valence-electron chi connectivity index (χ4n) is 4.31. The third kappa shape index (κ3) is 3.78. The Kier molecular flexibility index (Phi) is 5.45. The van der Waals surface area contributed by atoms with Gasteiger partial charge in [-0.2, -0.15) is 0 Å². The fraction of sp³-hybridized carbons (Fsp3) is 0.192. The molecule has 6 heteroatoms. The molecule has 1 aromatic carbocycles. The predicted octanol–water partition coefficient (Wildman–Crippen LogP) is 5.06. The summed E-state index contributed by atoms with van der Waals surface area (Å²) in [6.45, 7) is 4.91. The zero-order chi connectivity index (χ0) is 22.1. The molecule has 32 heavy (non-hydrogen) atoms. The van der Waals surface area contributed by atoms with Gasteiger partial charge in [0.2, 0.25) is 0 Å². The van der Waals surface area contributed by atoms with Gasteiger partial charge >= 0.3 is 0 Å². The summed E-state index contributed by atoms with van der Waals surface area (Å²) < 4.78 is 2.26. The fourth-order valence-corrected chi connectivity index (χ4v) is 4.61. The maximum absolute atomic E-state index is 5.82. The first-order chi connectivity index (χ1) is 15.6. The second kappa shape index (κ2) is 8.55. The molecule has 1 fully saturated rings. The van der Waals surface area contributed by atoms with Gasteiger partial charge in [-0.1, -0.05) is 18.2 Å². The summed E-state index contributed by atoms with van der Waals surface area (Å²) >= 11 is 5.82. The van der Waals surface area contributed by atoms with Crippen LogP contribution in [-0.4, -0.2) is 24.5 Å². The average Bonchev–Trinajstić information content (AvgIpc) is 3.42. The third-order valence-electron chi connectivity index (χ3n) is 6.11. The molecule has 0 aliphatic carbocycles. The molecule has 1 saturated heterocycles. The molecular weight excluding hydrogens is 414 g/mol. The average molecular weight is 440 g/mol. The first-order valence-corrected chi connectivity index (χ1v) is 11.2. The van der Waals surface area contributed by atoms with Crippen LogP contribution in [0.2, 0.25) is 0 Å². The number of nitrogens with one attached hydrogen (secondary N) is 1. The van der Waals surface area contributed by atoms with Crippen molar-refractivity contribution in [3.8, 4) is 5.69 Å². The minimum Gasteiger partial charge on any atom is -0.352 e. The smallest absolute Gasteiger partial charge is 0.170 e. The van der Waals surface area contributed by atoms with Crippen molar-refractivity contribution in [3.63, 3.8) is 0 Å². The minimum atomic E-state index is -0.0624. The molecule has 5 nitrogen and oxygen atoms in total. The predicted molar refractivity (Wildman–Crippen MR) is 130 cm³/mol. The Balaban J connectivity index is 1.61. The Morgan fingerprint density at radius 2 is 1.72 bits per heavy atom. The molecule has 2 unspecified atom stereocenters. The van der Waals surface area contributed by atoms with Crippen LogP contribution in [0.15, 0.2) is 85.3 Å². The van der Waals surface area contributed by atoms with Gasteiger partial charge in [-0.15, -0.1) is 0 Å². The number of nitrogens with zero attached hydrogens (tertiary/aromatic N) is 4. The zero-order valence-corrected chi connectivity index (χ0v) is 19.0. The van der Waals surface area contributed by atoms with E-state index >= 15 is 0 Å². The quantitative estimate of drug-likeness (QED) is 0.441. The van der Waals surface area contributed by atoms with Crippen LogP contribution in [0.5, 0.6) is 0 Å². The Labute approximate surface area is 193 Å². The van der Waals surface area contributed by atoms with Crippen LogP contribution in [0, 0.1) is 13.8 Å². The Morgan fingerprint density at radius 1 is 0.906 bits per heavy atom. The standard InChI is InChI=1S/C26H25N5S/c1-18-11-12-21(16-19(18)2)30-15-7-10-23(30)25-24(22-9-4-6-14-28-22)29-26(32)31(25)17-20-8-3-5-13-27-20/h3-16,24-25H,17H2,1-2H3,(H,29,32). The van der Waals surface area contributed by atoms with E-state index in [1.165, 1.54) is 11.1 Å². The molecule has 160 valence electrons. The maximum atomic E-state index is 5.82. The molecule has 3 aromatic heterocycles. The van der Waals surface area contributed by atoms with Crippen molar-refractivity contribution in [2.24, 2.45) is 0 Å². The second-order valence-electron chi connectivity index (χ2n) is 8.15. The lowest BCUT2D eigenvalue weighted by atomic mass is 10.0. The van der Waals surface area contributed by atoms with E-state index in [0.717, 1.165) is 22.8 Å². The van der Waals surface area contributed by atoms with Crippen LogP contribution in [0.1, 0.15) is 40.3 Å². The number of hydrogen-bond donors (Lipinski definition) is 1. The van der Waals surface area contributed by atoms with Gasteiger partial charge in [0.05, 0.1) is 30.0 Å². The lowest BCUT2D eigenvalue weighted by molar-refractivity contribution is 0.299. The Bertz CT molecular complexity index is 1240. The van der Waals surface area contributed by atoms with Crippen molar-refractivity contribution < 1.29 is 0 Å². The topological polar surface area (TPSA) is 46.0 Å². The molecule has 0 saturated carbocycles. The van der Waals surface area contributed by atoms with Gasteiger partial charge in [0.25, 0.3) is 0 Å². The van der Waals surface area contributed by atoms with Crippen molar-refractivity contribution in [2.75, 3.05) is 0 Å². The highest BCUT2D eigenvalue weighted by atomic mass is 32.1. The molecule has 0 radical (unpaired) electrons. The van der Waals surface area contributed by atoms with Gasteiger partial charge in [0.15, 0.2) is 5.11 Å². The van der Waals surface area contributed by atoms with E-state index in [9.17, 15) is 0 Å². The third-order valence-corrected chi connectivity index (χ3v) is 6.46. The second-order valence-corrected chi connectivity index (χ2v) is 8.53. The number of benzene rings is 1. The molecule has 0 bridgehead atoms. The number of rotatable bonds is 5. The Hall–Kier alpha value is -3.51. The van der Waals surface area contributed by atoms with Crippen molar-refractivity contribution in [2.45, 2.75) is 32.5 Å². The zero-order valence-electron chi connectivity index (χ0n) is 18.1. The van der Waals surface area contributed by atoms with E-state index in [1.54, 1.807) is 0 Å². The van der Waals surface area contributed by atoms with Gasteiger partial charge in [0.1, 0.15) is 0 Å². The summed E-state index contributed by atoms with van der Waals surface area (Å²) in [7, 11) is 0. The van der Waals surface area contributed by atoms with Gasteiger partial charge in [-0.3, -0.25) is 9.97 Å². The van der Waals surface area contributed by atoms with E-state index in [1.807, 2.05) is 42.7 Å². The summed E-state index contributed by atoms with van der Waals surface area (Å²) in [5.74, 6) is 0. The van der Waals surface area contributed by atoms with E-state index in [4.69, 9.17) is 12.2 Å². The molecule has 5 rings (SSSR count). The summed E-state index contributed by atoms with van der Waals surface area (Å²) in [4.78, 5) is 11.4. The minimum absolute atomic E-state index is 0.0315. The monoisotopic (exact) mass is 439 g/mol. The number of pyridine rings is 2. The summed E-state index contributed by atoms with van der Waals surface area (Å²) in [6.07, 6.45) is 5.78. The Morgan fingerprint density at radius 3 is 2.44 bits per heavy atom. The molecule has 1 aliphatic heterocycles. The van der Waals surface area contributed by atoms with Crippen LogP contribution in [0.4, 0.5) is 0 Å². The largest absolute Gasteiger partial charge is 0.352 e. The number of thiocarbonyl (C=S) groups is 1. The van der Waals surface area contributed by atoms with Crippen molar-refractivity contribution in [1.29, 1.82) is 0 Å². The highest BCUT2D eigenvalue weighted by Gasteiger charge is 2.41. The summed E-state index contributed by atoms with van der Waals surface area (Å²) in [6, 6.07) is 22.8.